The first-order valence-corrected chi connectivity index (χ1v) is 13.1. The molecule has 0 unspecified atom stereocenters. The average molecular weight is 535 g/mol. The molecule has 0 bridgehead atoms. The quantitative estimate of drug-likeness (QED) is 0.411. The minimum absolute atomic E-state index is 0.0111. The highest BCUT2D eigenvalue weighted by atomic mass is 35.5. The molecule has 1 saturated heterocycles. The molecule has 1 aliphatic rings. The lowest BCUT2D eigenvalue weighted by Crippen LogP contribution is -2.41. The Morgan fingerprint density at radius 2 is 1.57 bits per heavy atom. The third-order valence-electron chi connectivity index (χ3n) is 5.74. The van der Waals surface area contributed by atoms with E-state index in [9.17, 15) is 13.2 Å². The Morgan fingerprint density at radius 1 is 0.943 bits per heavy atom. The van der Waals surface area contributed by atoms with E-state index >= 15 is 0 Å². The summed E-state index contributed by atoms with van der Waals surface area (Å²) in [5, 5.41) is 3.65. The van der Waals surface area contributed by atoms with Crippen LogP contribution in [0.2, 0.25) is 10.0 Å². The van der Waals surface area contributed by atoms with Crippen molar-refractivity contribution in [3.63, 3.8) is 0 Å². The Balaban J connectivity index is 1.44. The molecule has 1 N–H and O–H groups in total. The fraction of sp³-hybridized carbons (Fsp3) is 0.240. The van der Waals surface area contributed by atoms with Crippen LogP contribution in [0.25, 0.3) is 0 Å². The normalized spacial score (nSPS) is 14.9. The van der Waals surface area contributed by atoms with Crippen LogP contribution in [0.3, 0.4) is 0 Å². The second kappa shape index (κ2) is 10.9. The summed E-state index contributed by atoms with van der Waals surface area (Å²) in [6.07, 6.45) is 0.729. The van der Waals surface area contributed by atoms with Crippen LogP contribution in [0.5, 0.6) is 17.2 Å². The van der Waals surface area contributed by atoms with E-state index in [2.05, 4.69) is 5.32 Å². The number of para-hydroxylation sites is 1. The lowest BCUT2D eigenvalue weighted by Gasteiger charge is -2.31. The van der Waals surface area contributed by atoms with E-state index in [1.54, 1.807) is 24.3 Å². The smallest absolute Gasteiger partial charge is 0.246 e. The van der Waals surface area contributed by atoms with Crippen molar-refractivity contribution in [2.45, 2.75) is 17.7 Å². The first-order valence-electron chi connectivity index (χ1n) is 10.9. The lowest BCUT2D eigenvalue weighted by molar-refractivity contribution is -0.120. The molecule has 3 aromatic rings. The summed E-state index contributed by atoms with van der Waals surface area (Å²) >= 11 is 12.2. The number of methoxy groups -OCH3 is 1. The highest BCUT2D eigenvalue weighted by molar-refractivity contribution is 7.89. The molecule has 0 atom stereocenters. The van der Waals surface area contributed by atoms with E-state index in [0.29, 0.717) is 40.1 Å². The van der Waals surface area contributed by atoms with Crippen LogP contribution in [-0.4, -0.2) is 38.8 Å². The summed E-state index contributed by atoms with van der Waals surface area (Å²) in [5.74, 6) is 0.720. The summed E-state index contributed by atoms with van der Waals surface area (Å²) in [6.45, 7) is 0.387. The van der Waals surface area contributed by atoms with Gasteiger partial charge in [0.25, 0.3) is 0 Å². The number of hydrogen-bond acceptors (Lipinski definition) is 5. The van der Waals surface area contributed by atoms with Crippen molar-refractivity contribution in [3.05, 3.63) is 76.8 Å². The summed E-state index contributed by atoms with van der Waals surface area (Å²) in [4.78, 5) is 13.1. The monoisotopic (exact) mass is 534 g/mol. The number of nitrogens with one attached hydrogen (secondary N) is 1. The van der Waals surface area contributed by atoms with Gasteiger partial charge in [-0.25, -0.2) is 8.42 Å². The fourth-order valence-corrected chi connectivity index (χ4v) is 5.95. The van der Waals surface area contributed by atoms with E-state index in [-0.39, 0.29) is 35.6 Å². The second-order valence-electron chi connectivity index (χ2n) is 8.02. The Bertz CT molecular complexity index is 1310. The maximum absolute atomic E-state index is 13.2. The fourth-order valence-electron chi connectivity index (χ4n) is 3.89. The molecule has 184 valence electrons. The van der Waals surface area contributed by atoms with Crippen LogP contribution >= 0.6 is 23.2 Å². The summed E-state index contributed by atoms with van der Waals surface area (Å²) < 4.78 is 38.9. The van der Waals surface area contributed by atoms with Crippen molar-refractivity contribution >= 4 is 44.8 Å². The molecule has 0 saturated carbocycles. The Kier molecular flexibility index (Phi) is 7.86. The standard InChI is InChI=1S/C25H24Cl2N2O5S/c1-33-23-10-8-19(27)16-24(23)35(31,32)29-13-11-17(12-14-29)25(30)28-21-15-18(26)7-9-22(21)34-20-5-3-2-4-6-20/h2-10,15-17H,11-14H2,1H3,(H,28,30). The van der Waals surface area contributed by atoms with Gasteiger partial charge in [0.2, 0.25) is 15.9 Å². The lowest BCUT2D eigenvalue weighted by atomic mass is 9.97. The molecule has 0 radical (unpaired) electrons. The number of benzene rings is 3. The number of hydrogen-bond donors (Lipinski definition) is 1. The SMILES string of the molecule is COc1ccc(Cl)cc1S(=O)(=O)N1CCC(C(=O)Nc2cc(Cl)ccc2Oc2ccccc2)CC1. The number of halogens is 2. The minimum Gasteiger partial charge on any atom is -0.495 e. The molecule has 0 aliphatic carbocycles. The third kappa shape index (κ3) is 5.90. The second-order valence-corrected chi connectivity index (χ2v) is 10.8. The number of ether oxygens (including phenoxy) is 2. The Morgan fingerprint density at radius 3 is 2.23 bits per heavy atom. The predicted molar refractivity (Wildman–Crippen MR) is 136 cm³/mol. The molecular formula is C25H24Cl2N2O5S. The zero-order valence-electron chi connectivity index (χ0n) is 18.9. The van der Waals surface area contributed by atoms with Crippen molar-refractivity contribution in [1.82, 2.24) is 4.31 Å². The largest absolute Gasteiger partial charge is 0.495 e. The molecule has 1 aliphatic heterocycles. The average Bonchev–Trinajstić information content (AvgIpc) is 2.86. The van der Waals surface area contributed by atoms with Gasteiger partial charge in [0.05, 0.1) is 12.8 Å². The van der Waals surface area contributed by atoms with Gasteiger partial charge in [-0.2, -0.15) is 4.31 Å². The van der Waals surface area contributed by atoms with Gasteiger partial charge in [0.15, 0.2) is 5.75 Å². The summed E-state index contributed by atoms with van der Waals surface area (Å²) in [6, 6.07) is 18.7. The molecule has 1 heterocycles. The van der Waals surface area contributed by atoms with Crippen LogP contribution in [-0.2, 0) is 14.8 Å². The number of anilines is 1. The van der Waals surface area contributed by atoms with Gasteiger partial charge < -0.3 is 14.8 Å². The van der Waals surface area contributed by atoms with Crippen LogP contribution in [0, 0.1) is 5.92 Å². The molecule has 7 nitrogen and oxygen atoms in total. The molecule has 10 heteroatoms. The Labute approximate surface area is 214 Å². The van der Waals surface area contributed by atoms with Crippen molar-refractivity contribution in [1.29, 1.82) is 0 Å². The highest BCUT2D eigenvalue weighted by Crippen LogP contribution is 2.34. The maximum Gasteiger partial charge on any atom is 0.246 e. The number of amides is 1. The van der Waals surface area contributed by atoms with Gasteiger partial charge in [-0.3, -0.25) is 4.79 Å². The van der Waals surface area contributed by atoms with Crippen LogP contribution < -0.4 is 14.8 Å². The number of sulfonamides is 1. The number of nitrogens with zero attached hydrogens (tertiary/aromatic N) is 1. The van der Waals surface area contributed by atoms with Crippen LogP contribution in [0.15, 0.2) is 71.6 Å². The topological polar surface area (TPSA) is 84.9 Å². The predicted octanol–water partition coefficient (Wildman–Crippen LogP) is 5.83. The van der Waals surface area contributed by atoms with Crippen LogP contribution in [0.4, 0.5) is 5.69 Å². The minimum atomic E-state index is -3.83. The molecule has 3 aromatic carbocycles. The van der Waals surface area contributed by atoms with Gasteiger partial charge in [-0.1, -0.05) is 41.4 Å². The zero-order chi connectivity index (χ0) is 25.0. The van der Waals surface area contributed by atoms with Gasteiger partial charge >= 0.3 is 0 Å². The van der Waals surface area contributed by atoms with Gasteiger partial charge in [0, 0.05) is 29.1 Å². The third-order valence-corrected chi connectivity index (χ3v) is 8.13. The first-order chi connectivity index (χ1) is 16.8. The molecule has 4 rings (SSSR count). The van der Waals surface area contributed by atoms with Gasteiger partial charge in [0.1, 0.15) is 16.4 Å². The Hall–Kier alpha value is -2.78. The molecule has 35 heavy (non-hydrogen) atoms. The first kappa shape index (κ1) is 25.3. The summed E-state index contributed by atoms with van der Waals surface area (Å²) in [7, 11) is -2.42. The van der Waals surface area contributed by atoms with Gasteiger partial charge in [-0.15, -0.1) is 0 Å². The maximum atomic E-state index is 13.2. The van der Waals surface area contributed by atoms with Crippen molar-refractivity contribution < 1.29 is 22.7 Å². The van der Waals surface area contributed by atoms with Crippen molar-refractivity contribution in [2.24, 2.45) is 5.92 Å². The molecule has 1 fully saturated rings. The zero-order valence-corrected chi connectivity index (χ0v) is 21.2. The highest BCUT2D eigenvalue weighted by Gasteiger charge is 2.34. The number of carbonyl (C=O) groups excluding carboxylic acids is 1. The molecule has 0 aromatic heterocycles. The van der Waals surface area contributed by atoms with E-state index in [1.807, 2.05) is 30.3 Å². The molecule has 1 amide bonds. The van der Waals surface area contributed by atoms with E-state index in [0.717, 1.165) is 0 Å². The van der Waals surface area contributed by atoms with Crippen molar-refractivity contribution in [3.8, 4) is 17.2 Å². The van der Waals surface area contributed by atoms with E-state index < -0.39 is 10.0 Å². The number of carbonyl (C=O) groups is 1. The van der Waals surface area contributed by atoms with E-state index in [4.69, 9.17) is 32.7 Å². The van der Waals surface area contributed by atoms with E-state index in [1.165, 1.54) is 23.5 Å². The van der Waals surface area contributed by atoms with Crippen LogP contribution in [0.1, 0.15) is 12.8 Å². The number of piperidine rings is 1. The molecule has 0 spiro atoms. The van der Waals surface area contributed by atoms with Gasteiger partial charge in [-0.05, 0) is 61.4 Å². The van der Waals surface area contributed by atoms with Crippen molar-refractivity contribution in [2.75, 3.05) is 25.5 Å². The summed E-state index contributed by atoms with van der Waals surface area (Å²) in [5.41, 5.74) is 0.449. The molecular weight excluding hydrogens is 511 g/mol. The number of rotatable bonds is 7.